The van der Waals surface area contributed by atoms with Crippen LogP contribution in [0.2, 0.25) is 0 Å². The van der Waals surface area contributed by atoms with E-state index in [1.807, 2.05) is 11.9 Å². The molecule has 1 aliphatic heterocycles. The van der Waals surface area contributed by atoms with Gasteiger partial charge in [0, 0.05) is 18.6 Å². The summed E-state index contributed by atoms with van der Waals surface area (Å²) in [6, 6.07) is 2.75. The molecule has 1 aliphatic carbocycles. The van der Waals surface area contributed by atoms with Crippen LogP contribution in [0.1, 0.15) is 32.6 Å². The smallest absolute Gasteiger partial charge is 0.241 e. The van der Waals surface area contributed by atoms with Gasteiger partial charge in [-0.05, 0) is 33.2 Å². The van der Waals surface area contributed by atoms with E-state index in [1.54, 1.807) is 0 Å². The maximum atomic E-state index is 12.3. The van der Waals surface area contributed by atoms with Gasteiger partial charge in [0.2, 0.25) is 5.91 Å². The van der Waals surface area contributed by atoms with E-state index < -0.39 is 0 Å². The molecule has 1 saturated heterocycles. The third kappa shape index (κ3) is 2.05. The van der Waals surface area contributed by atoms with Crippen molar-refractivity contribution in [3.05, 3.63) is 0 Å². The van der Waals surface area contributed by atoms with Crippen molar-refractivity contribution in [3.8, 4) is 6.07 Å². The van der Waals surface area contributed by atoms with Crippen LogP contribution in [0.15, 0.2) is 0 Å². The maximum absolute atomic E-state index is 12.3. The average molecular weight is 221 g/mol. The van der Waals surface area contributed by atoms with Crippen molar-refractivity contribution in [3.63, 3.8) is 0 Å². The molecule has 0 bridgehead atoms. The Morgan fingerprint density at radius 2 is 2.12 bits per heavy atom. The summed E-state index contributed by atoms with van der Waals surface area (Å²) >= 11 is 0. The number of amides is 1. The summed E-state index contributed by atoms with van der Waals surface area (Å²) in [5.41, 5.74) is 0. The van der Waals surface area contributed by atoms with Crippen molar-refractivity contribution >= 4 is 5.91 Å². The first kappa shape index (κ1) is 11.4. The molecule has 0 aromatic heterocycles. The first-order valence-electron chi connectivity index (χ1n) is 6.04. The van der Waals surface area contributed by atoms with Gasteiger partial charge in [-0.25, -0.2) is 0 Å². The number of hydrogen-bond donors (Lipinski definition) is 0. The second-order valence-corrected chi connectivity index (χ2v) is 4.94. The molecule has 88 valence electrons. The molecule has 1 amide bonds. The molecule has 0 aromatic rings. The van der Waals surface area contributed by atoms with Gasteiger partial charge < -0.3 is 4.90 Å². The van der Waals surface area contributed by atoms with E-state index in [0.29, 0.717) is 18.5 Å². The normalized spacial score (nSPS) is 32.3. The zero-order valence-corrected chi connectivity index (χ0v) is 10.0. The summed E-state index contributed by atoms with van der Waals surface area (Å²) in [5, 5.41) is 8.83. The number of carbonyl (C=O) groups excluding carboxylic acids is 1. The lowest BCUT2D eigenvalue weighted by atomic mass is 10.1. The summed E-state index contributed by atoms with van der Waals surface area (Å²) < 4.78 is 0. The molecule has 2 aliphatic rings. The quantitative estimate of drug-likeness (QED) is 0.698. The maximum Gasteiger partial charge on any atom is 0.241 e. The van der Waals surface area contributed by atoms with Crippen molar-refractivity contribution in [2.45, 2.75) is 50.7 Å². The molecule has 2 atom stereocenters. The fourth-order valence-electron chi connectivity index (χ4n) is 2.38. The largest absolute Gasteiger partial charge is 0.338 e. The molecule has 1 saturated carbocycles. The van der Waals surface area contributed by atoms with Crippen molar-refractivity contribution in [1.82, 2.24) is 9.80 Å². The van der Waals surface area contributed by atoms with Crippen LogP contribution in [0.4, 0.5) is 0 Å². The van der Waals surface area contributed by atoms with Crippen LogP contribution in [0, 0.1) is 11.3 Å². The Balaban J connectivity index is 2.16. The summed E-state index contributed by atoms with van der Waals surface area (Å²) in [6.45, 7) is 2.99. The first-order chi connectivity index (χ1) is 7.65. The van der Waals surface area contributed by atoms with E-state index in [2.05, 4.69) is 17.9 Å². The number of nitrogens with zero attached hydrogens (tertiary/aromatic N) is 3. The SMILES string of the molecule is CC1CCN(C2CC2)C(=O)C(CC#N)N1C. The van der Waals surface area contributed by atoms with Gasteiger partial charge in [-0.1, -0.05) is 0 Å². The topological polar surface area (TPSA) is 47.3 Å². The Morgan fingerprint density at radius 1 is 1.44 bits per heavy atom. The monoisotopic (exact) mass is 221 g/mol. The predicted molar refractivity (Wildman–Crippen MR) is 60.6 cm³/mol. The zero-order valence-electron chi connectivity index (χ0n) is 10.0. The highest BCUT2D eigenvalue weighted by Gasteiger charge is 2.40. The van der Waals surface area contributed by atoms with Crippen molar-refractivity contribution in [2.24, 2.45) is 0 Å². The molecular weight excluding hydrogens is 202 g/mol. The standard InChI is InChI=1S/C12H19N3O/c1-9-6-8-15(10-3-4-10)12(16)11(5-7-13)14(9)2/h9-11H,3-6,8H2,1-2H3. The van der Waals surface area contributed by atoms with Gasteiger partial charge in [0.05, 0.1) is 12.5 Å². The Kier molecular flexibility index (Phi) is 3.15. The molecule has 0 N–H and O–H groups in total. The van der Waals surface area contributed by atoms with Crippen molar-refractivity contribution in [2.75, 3.05) is 13.6 Å². The molecule has 16 heavy (non-hydrogen) atoms. The van der Waals surface area contributed by atoms with E-state index >= 15 is 0 Å². The predicted octanol–water partition coefficient (Wildman–Crippen LogP) is 0.984. The summed E-state index contributed by atoms with van der Waals surface area (Å²) in [6.07, 6.45) is 3.61. The molecule has 1 heterocycles. The van der Waals surface area contributed by atoms with Gasteiger partial charge in [-0.3, -0.25) is 9.69 Å². The fourth-order valence-corrected chi connectivity index (χ4v) is 2.38. The van der Waals surface area contributed by atoms with Crippen LogP contribution in [-0.4, -0.2) is 47.4 Å². The second kappa shape index (κ2) is 4.42. The van der Waals surface area contributed by atoms with E-state index in [1.165, 1.54) is 0 Å². The lowest BCUT2D eigenvalue weighted by Gasteiger charge is -2.28. The Labute approximate surface area is 96.8 Å². The van der Waals surface area contributed by atoms with Gasteiger partial charge >= 0.3 is 0 Å². The highest BCUT2D eigenvalue weighted by Crippen LogP contribution is 2.30. The summed E-state index contributed by atoms with van der Waals surface area (Å²) in [4.78, 5) is 16.4. The van der Waals surface area contributed by atoms with Crippen LogP contribution in [0.25, 0.3) is 0 Å². The van der Waals surface area contributed by atoms with Crippen LogP contribution in [0.5, 0.6) is 0 Å². The van der Waals surface area contributed by atoms with Gasteiger partial charge in [0.15, 0.2) is 0 Å². The van der Waals surface area contributed by atoms with Crippen LogP contribution < -0.4 is 0 Å². The lowest BCUT2D eigenvalue weighted by Crippen LogP contribution is -2.46. The molecule has 4 heteroatoms. The molecular formula is C12H19N3O. The Morgan fingerprint density at radius 3 is 2.69 bits per heavy atom. The number of nitriles is 1. The number of hydrogen-bond acceptors (Lipinski definition) is 3. The van der Waals surface area contributed by atoms with Crippen LogP contribution in [0.3, 0.4) is 0 Å². The number of carbonyl (C=O) groups is 1. The number of rotatable bonds is 2. The minimum atomic E-state index is -0.233. The summed E-state index contributed by atoms with van der Waals surface area (Å²) in [5.74, 6) is 0.163. The van der Waals surface area contributed by atoms with E-state index in [0.717, 1.165) is 25.8 Å². The van der Waals surface area contributed by atoms with Crippen LogP contribution >= 0.6 is 0 Å². The number of likely N-dealkylation sites (N-methyl/N-ethyl adjacent to an activating group) is 1. The average Bonchev–Trinajstić information content (AvgIpc) is 3.08. The molecule has 0 radical (unpaired) electrons. The molecule has 4 nitrogen and oxygen atoms in total. The minimum absolute atomic E-state index is 0.163. The first-order valence-corrected chi connectivity index (χ1v) is 6.04. The van der Waals surface area contributed by atoms with E-state index in [4.69, 9.17) is 5.26 Å². The highest BCUT2D eigenvalue weighted by molar-refractivity contribution is 5.83. The third-order valence-electron chi connectivity index (χ3n) is 3.82. The van der Waals surface area contributed by atoms with Gasteiger partial charge in [0.1, 0.15) is 6.04 Å². The summed E-state index contributed by atoms with van der Waals surface area (Å²) in [7, 11) is 1.96. The minimum Gasteiger partial charge on any atom is -0.338 e. The molecule has 0 aromatic carbocycles. The zero-order chi connectivity index (χ0) is 11.7. The Hall–Kier alpha value is -1.08. The van der Waals surface area contributed by atoms with Crippen LogP contribution in [-0.2, 0) is 4.79 Å². The van der Waals surface area contributed by atoms with E-state index in [9.17, 15) is 4.79 Å². The Bertz CT molecular complexity index is 319. The molecule has 2 rings (SSSR count). The van der Waals surface area contributed by atoms with Crippen molar-refractivity contribution in [1.29, 1.82) is 5.26 Å². The van der Waals surface area contributed by atoms with Crippen molar-refractivity contribution < 1.29 is 4.79 Å². The molecule has 0 spiro atoms. The third-order valence-corrected chi connectivity index (χ3v) is 3.82. The lowest BCUT2D eigenvalue weighted by molar-refractivity contribution is -0.135. The second-order valence-electron chi connectivity index (χ2n) is 4.94. The highest BCUT2D eigenvalue weighted by atomic mass is 16.2. The van der Waals surface area contributed by atoms with Gasteiger partial charge in [-0.2, -0.15) is 5.26 Å². The molecule has 2 fully saturated rings. The van der Waals surface area contributed by atoms with Gasteiger partial charge in [0.25, 0.3) is 0 Å². The van der Waals surface area contributed by atoms with E-state index in [-0.39, 0.29) is 11.9 Å². The van der Waals surface area contributed by atoms with Gasteiger partial charge in [-0.15, -0.1) is 0 Å². The molecule has 2 unspecified atom stereocenters. The fraction of sp³-hybridized carbons (Fsp3) is 0.833.